The minimum absolute atomic E-state index is 0.0650. The maximum absolute atomic E-state index is 12.1. The van der Waals surface area contributed by atoms with Crippen molar-refractivity contribution in [3.63, 3.8) is 0 Å². The van der Waals surface area contributed by atoms with Gasteiger partial charge in [0, 0.05) is 25.2 Å². The molecule has 6 nitrogen and oxygen atoms in total. The number of rotatable bonds is 4. The van der Waals surface area contributed by atoms with Crippen LogP contribution in [-0.4, -0.2) is 35.6 Å². The molecule has 2 heterocycles. The van der Waals surface area contributed by atoms with Crippen molar-refractivity contribution in [3.8, 4) is 0 Å². The highest BCUT2D eigenvalue weighted by molar-refractivity contribution is 7.99. The van der Waals surface area contributed by atoms with E-state index in [1.165, 1.54) is 18.0 Å². The number of piperidine rings is 1. The van der Waals surface area contributed by atoms with Crippen LogP contribution in [0.2, 0.25) is 0 Å². The van der Waals surface area contributed by atoms with Crippen LogP contribution in [0, 0.1) is 11.1 Å². The molecule has 0 saturated carbocycles. The number of carbonyl (C=O) groups excluding carboxylic acids is 2. The highest BCUT2D eigenvalue weighted by atomic mass is 32.2. The Morgan fingerprint density at radius 1 is 1.50 bits per heavy atom. The van der Waals surface area contributed by atoms with Crippen molar-refractivity contribution in [1.29, 1.82) is 0 Å². The number of carbonyl (C=O) groups is 2. The molecule has 20 heavy (non-hydrogen) atoms. The van der Waals surface area contributed by atoms with Crippen LogP contribution in [0.4, 0.5) is 0 Å². The number of amides is 2. The Balaban J connectivity index is 1.89. The first-order chi connectivity index (χ1) is 9.58. The van der Waals surface area contributed by atoms with Crippen LogP contribution in [0.5, 0.6) is 0 Å². The molecule has 1 aromatic rings. The summed E-state index contributed by atoms with van der Waals surface area (Å²) < 4.78 is 0.736. The van der Waals surface area contributed by atoms with Crippen molar-refractivity contribution in [2.24, 2.45) is 11.7 Å². The number of aromatic nitrogens is 1. The summed E-state index contributed by atoms with van der Waals surface area (Å²) in [6.45, 7) is 1.04. The molecule has 0 radical (unpaired) electrons. The molecule has 1 atom stereocenters. The quantitative estimate of drug-likeness (QED) is 0.486. The third-order valence-corrected chi connectivity index (χ3v) is 4.31. The molecule has 2 N–H and O–H groups in total. The molecule has 7 heteroatoms. The van der Waals surface area contributed by atoms with Crippen molar-refractivity contribution in [2.75, 3.05) is 18.8 Å². The highest BCUT2D eigenvalue weighted by Gasteiger charge is 2.27. The molecule has 1 saturated heterocycles. The van der Waals surface area contributed by atoms with E-state index in [1.54, 1.807) is 23.1 Å². The molecule has 1 aliphatic heterocycles. The van der Waals surface area contributed by atoms with Gasteiger partial charge in [-0.15, -0.1) is 0 Å². The SMILES string of the molecule is NC(=O)[C@H]1CCCN(C(=O)CSc2cccc[n+]2[O-])C1. The zero-order chi connectivity index (χ0) is 14.5. The predicted octanol–water partition coefficient (Wildman–Crippen LogP) is 0.136. The minimum Gasteiger partial charge on any atom is -0.618 e. The summed E-state index contributed by atoms with van der Waals surface area (Å²) >= 11 is 1.20. The lowest BCUT2D eigenvalue weighted by Crippen LogP contribution is -2.44. The maximum atomic E-state index is 12.1. The first kappa shape index (κ1) is 14.6. The van der Waals surface area contributed by atoms with Crippen molar-refractivity contribution < 1.29 is 14.3 Å². The molecule has 108 valence electrons. The Bertz CT molecular complexity index is 509. The molecule has 2 amide bonds. The molecule has 2 rings (SSSR count). The molecule has 1 aromatic heterocycles. The average molecular weight is 295 g/mol. The van der Waals surface area contributed by atoms with Gasteiger partial charge in [0.2, 0.25) is 11.8 Å². The van der Waals surface area contributed by atoms with Crippen LogP contribution in [0.1, 0.15) is 12.8 Å². The summed E-state index contributed by atoms with van der Waals surface area (Å²) in [4.78, 5) is 24.9. The molecule has 0 aromatic carbocycles. The van der Waals surface area contributed by atoms with Crippen LogP contribution in [-0.2, 0) is 9.59 Å². The van der Waals surface area contributed by atoms with E-state index < -0.39 is 0 Å². The van der Waals surface area contributed by atoms with Gasteiger partial charge in [-0.05, 0) is 30.7 Å². The largest absolute Gasteiger partial charge is 0.618 e. The lowest BCUT2D eigenvalue weighted by molar-refractivity contribution is -0.645. The second-order valence-electron chi connectivity index (χ2n) is 4.73. The molecule has 1 aliphatic rings. The van der Waals surface area contributed by atoms with Gasteiger partial charge < -0.3 is 15.8 Å². The predicted molar refractivity (Wildman–Crippen MR) is 74.6 cm³/mol. The van der Waals surface area contributed by atoms with Gasteiger partial charge in [-0.25, -0.2) is 0 Å². The molecule has 0 bridgehead atoms. The van der Waals surface area contributed by atoms with Crippen molar-refractivity contribution in [2.45, 2.75) is 17.9 Å². The number of primary amides is 1. The summed E-state index contributed by atoms with van der Waals surface area (Å²) in [5, 5.41) is 11.9. The molecule has 0 aliphatic carbocycles. The fourth-order valence-corrected chi connectivity index (χ4v) is 3.00. The van der Waals surface area contributed by atoms with Crippen molar-refractivity contribution in [1.82, 2.24) is 4.90 Å². The van der Waals surface area contributed by atoms with E-state index in [-0.39, 0.29) is 23.5 Å². The Morgan fingerprint density at radius 2 is 2.30 bits per heavy atom. The fraction of sp³-hybridized carbons (Fsp3) is 0.462. The Hall–Kier alpha value is -1.76. The second kappa shape index (κ2) is 6.60. The van der Waals surface area contributed by atoms with E-state index in [4.69, 9.17) is 5.73 Å². The van der Waals surface area contributed by atoms with Crippen LogP contribution < -0.4 is 10.5 Å². The molecule has 0 spiro atoms. The van der Waals surface area contributed by atoms with E-state index in [9.17, 15) is 14.8 Å². The highest BCUT2D eigenvalue weighted by Crippen LogP contribution is 2.19. The standard InChI is InChI=1S/C13H17N3O3S/c14-13(18)10-4-3-6-15(8-10)11(17)9-20-12-5-1-2-7-16(12)19/h1-2,5,7,10H,3-4,6,8-9H2,(H2,14,18)/t10-/m0/s1. The summed E-state index contributed by atoms with van der Waals surface area (Å²) in [6, 6.07) is 5.07. The zero-order valence-corrected chi connectivity index (χ0v) is 11.8. The Labute approximate surface area is 121 Å². The van der Waals surface area contributed by atoms with Crippen LogP contribution >= 0.6 is 11.8 Å². The van der Waals surface area contributed by atoms with Crippen molar-refractivity contribution in [3.05, 3.63) is 29.6 Å². The van der Waals surface area contributed by atoms with Gasteiger partial charge in [-0.1, -0.05) is 0 Å². The number of nitrogens with zero attached hydrogens (tertiary/aromatic N) is 2. The summed E-state index contributed by atoms with van der Waals surface area (Å²) in [5.41, 5.74) is 5.29. The summed E-state index contributed by atoms with van der Waals surface area (Å²) in [6.07, 6.45) is 2.93. The summed E-state index contributed by atoms with van der Waals surface area (Å²) in [5.74, 6) is -0.475. The third-order valence-electron chi connectivity index (χ3n) is 3.31. The number of thioether (sulfide) groups is 1. The monoisotopic (exact) mass is 295 g/mol. The first-order valence-electron chi connectivity index (χ1n) is 6.46. The summed E-state index contributed by atoms with van der Waals surface area (Å²) in [7, 11) is 0. The number of likely N-dealkylation sites (tertiary alicyclic amines) is 1. The van der Waals surface area contributed by atoms with E-state index in [0.29, 0.717) is 18.1 Å². The van der Waals surface area contributed by atoms with E-state index in [1.807, 2.05) is 0 Å². The van der Waals surface area contributed by atoms with Crippen molar-refractivity contribution >= 4 is 23.6 Å². The number of hydrogen-bond acceptors (Lipinski definition) is 4. The van der Waals surface area contributed by atoms with E-state index in [2.05, 4.69) is 0 Å². The minimum atomic E-state index is -0.351. The normalized spacial score (nSPS) is 18.8. The van der Waals surface area contributed by atoms with Gasteiger partial charge in [0.1, 0.15) is 0 Å². The van der Waals surface area contributed by atoms with Crippen LogP contribution in [0.15, 0.2) is 29.4 Å². The first-order valence-corrected chi connectivity index (χ1v) is 7.44. The Morgan fingerprint density at radius 3 is 3.00 bits per heavy atom. The molecular weight excluding hydrogens is 278 g/mol. The molecular formula is C13H17N3O3S. The zero-order valence-electron chi connectivity index (χ0n) is 11.0. The molecule has 0 unspecified atom stereocenters. The Kier molecular flexibility index (Phi) is 4.84. The number of pyridine rings is 1. The van der Waals surface area contributed by atoms with Gasteiger partial charge in [-0.2, -0.15) is 4.73 Å². The van der Waals surface area contributed by atoms with E-state index >= 15 is 0 Å². The van der Waals surface area contributed by atoms with Gasteiger partial charge >= 0.3 is 0 Å². The van der Waals surface area contributed by atoms with E-state index in [0.717, 1.165) is 17.6 Å². The average Bonchev–Trinajstić information content (AvgIpc) is 2.46. The fourth-order valence-electron chi connectivity index (χ4n) is 2.19. The van der Waals surface area contributed by atoms with Gasteiger partial charge in [0.25, 0.3) is 5.03 Å². The smallest absolute Gasteiger partial charge is 0.251 e. The third kappa shape index (κ3) is 3.63. The van der Waals surface area contributed by atoms with Gasteiger partial charge in [-0.3, -0.25) is 9.59 Å². The number of hydrogen-bond donors (Lipinski definition) is 1. The van der Waals surface area contributed by atoms with Gasteiger partial charge in [0.15, 0.2) is 6.20 Å². The second-order valence-corrected chi connectivity index (χ2v) is 5.73. The lowest BCUT2D eigenvalue weighted by atomic mass is 9.97. The maximum Gasteiger partial charge on any atom is 0.251 e. The van der Waals surface area contributed by atoms with Crippen LogP contribution in [0.25, 0.3) is 0 Å². The topological polar surface area (TPSA) is 90.3 Å². The van der Waals surface area contributed by atoms with Gasteiger partial charge in [0.05, 0.1) is 11.7 Å². The molecule has 1 fully saturated rings. The van der Waals surface area contributed by atoms with Crippen LogP contribution in [0.3, 0.4) is 0 Å². The number of nitrogens with two attached hydrogens (primary N) is 1. The lowest BCUT2D eigenvalue weighted by Gasteiger charge is -2.31.